The highest BCUT2D eigenvalue weighted by Crippen LogP contribution is 2.29. The minimum atomic E-state index is -3.90. The van der Waals surface area contributed by atoms with Gasteiger partial charge in [-0.15, -0.1) is 0 Å². The molecule has 262 valence electrons. The smallest absolute Gasteiger partial charge is 0.323 e. The molecule has 13 nitrogen and oxygen atoms in total. The average Bonchev–Trinajstić information content (AvgIpc) is 3.50. The molecule has 0 saturated heterocycles. The van der Waals surface area contributed by atoms with Crippen molar-refractivity contribution in [1.82, 2.24) is 18.8 Å². The van der Waals surface area contributed by atoms with Gasteiger partial charge in [0.15, 0.2) is 5.03 Å². The topological polar surface area (TPSA) is 155 Å². The number of fused-ring (bicyclic) bond motifs is 1. The van der Waals surface area contributed by atoms with E-state index in [0.29, 0.717) is 36.6 Å². The molecule has 0 spiro atoms. The maximum atomic E-state index is 14.3. The summed E-state index contributed by atoms with van der Waals surface area (Å²) in [5, 5.41) is 15.4. The third-order valence-electron chi connectivity index (χ3n) is 8.20. The van der Waals surface area contributed by atoms with Crippen molar-refractivity contribution in [3.05, 3.63) is 66.4 Å². The molecule has 3 amide bonds. The fourth-order valence-electron chi connectivity index (χ4n) is 5.32. The van der Waals surface area contributed by atoms with Crippen LogP contribution in [0.15, 0.2) is 60.0 Å². The molecule has 4 rings (SSSR count). The van der Waals surface area contributed by atoms with Crippen LogP contribution in [0.5, 0.6) is 5.75 Å². The first-order valence-corrected chi connectivity index (χ1v) is 17.3. The molecule has 0 fully saturated rings. The molecule has 48 heavy (non-hydrogen) atoms. The number of nitrogens with zero attached hydrogens (tertiary/aromatic N) is 4. The van der Waals surface area contributed by atoms with Crippen molar-refractivity contribution >= 4 is 33.3 Å². The van der Waals surface area contributed by atoms with Crippen LogP contribution in [0.25, 0.3) is 0 Å². The van der Waals surface area contributed by atoms with Crippen LogP contribution >= 0.6 is 0 Å². The summed E-state index contributed by atoms with van der Waals surface area (Å²) in [5.41, 5.74) is 0.872. The van der Waals surface area contributed by atoms with Crippen LogP contribution in [0.4, 0.5) is 20.6 Å². The Morgan fingerprint density at radius 1 is 1.15 bits per heavy atom. The summed E-state index contributed by atoms with van der Waals surface area (Å²) in [6.45, 7) is 5.68. The zero-order chi connectivity index (χ0) is 35.0. The van der Waals surface area contributed by atoms with E-state index in [4.69, 9.17) is 9.47 Å². The number of carbonyl (C=O) groups excluding carboxylic acids is 2. The van der Waals surface area contributed by atoms with Crippen molar-refractivity contribution in [3.63, 3.8) is 0 Å². The average molecular weight is 689 g/mol. The third kappa shape index (κ3) is 9.52. The van der Waals surface area contributed by atoms with E-state index in [-0.39, 0.29) is 42.3 Å². The van der Waals surface area contributed by atoms with Crippen molar-refractivity contribution in [2.24, 2.45) is 13.0 Å². The van der Waals surface area contributed by atoms with Gasteiger partial charge in [-0.05, 0) is 75.6 Å². The second-order valence-electron chi connectivity index (χ2n) is 12.3. The summed E-state index contributed by atoms with van der Waals surface area (Å²) >= 11 is 0. The molecule has 0 unspecified atom stereocenters. The summed E-state index contributed by atoms with van der Waals surface area (Å²) < 4.78 is 55.2. The predicted molar refractivity (Wildman–Crippen MR) is 179 cm³/mol. The first-order valence-electron chi connectivity index (χ1n) is 15.9. The minimum absolute atomic E-state index is 0.0168. The molecule has 1 aliphatic heterocycles. The largest absolute Gasteiger partial charge is 0.490 e. The number of likely N-dealkylation sites (N-methyl/N-ethyl adjacent to an activating group) is 1. The Labute approximate surface area is 281 Å². The molecule has 0 radical (unpaired) electrons. The number of aromatic nitrogens is 2. The van der Waals surface area contributed by atoms with Crippen LogP contribution in [0.1, 0.15) is 50.4 Å². The molecule has 15 heteroatoms. The second-order valence-corrected chi connectivity index (χ2v) is 14.3. The molecule has 3 N–H and O–H groups in total. The van der Waals surface area contributed by atoms with Gasteiger partial charge in [0.25, 0.3) is 15.9 Å². The minimum Gasteiger partial charge on any atom is -0.490 e. The first kappa shape index (κ1) is 36.8. The van der Waals surface area contributed by atoms with Crippen LogP contribution in [0, 0.1) is 11.7 Å². The van der Waals surface area contributed by atoms with E-state index in [1.807, 2.05) is 13.8 Å². The number of ether oxygens (including phenoxy) is 2. The number of aliphatic hydroxyl groups excluding tert-OH is 1. The van der Waals surface area contributed by atoms with Gasteiger partial charge in [0, 0.05) is 57.3 Å². The van der Waals surface area contributed by atoms with Crippen molar-refractivity contribution < 1.29 is 37.0 Å². The van der Waals surface area contributed by atoms with Crippen molar-refractivity contribution in [2.45, 2.75) is 63.3 Å². The van der Waals surface area contributed by atoms with Gasteiger partial charge >= 0.3 is 6.03 Å². The maximum absolute atomic E-state index is 14.3. The number of sulfonamides is 1. The normalized spacial score (nSPS) is 20.4. The lowest BCUT2D eigenvalue weighted by atomic mass is 10.0. The zero-order valence-electron chi connectivity index (χ0n) is 27.9. The Bertz CT molecular complexity index is 1650. The number of amides is 3. The van der Waals surface area contributed by atoms with Crippen LogP contribution in [0.2, 0.25) is 0 Å². The lowest BCUT2D eigenvalue weighted by molar-refractivity contribution is -0.00835. The van der Waals surface area contributed by atoms with E-state index >= 15 is 0 Å². The Morgan fingerprint density at radius 2 is 1.83 bits per heavy atom. The van der Waals surface area contributed by atoms with Crippen molar-refractivity contribution in [2.75, 3.05) is 44.0 Å². The second kappa shape index (κ2) is 16.4. The van der Waals surface area contributed by atoms with Crippen LogP contribution in [-0.4, -0.2) is 95.8 Å². The number of benzene rings is 2. The molecule has 4 atom stereocenters. The number of anilines is 2. The summed E-state index contributed by atoms with van der Waals surface area (Å²) in [7, 11) is -0.741. The lowest BCUT2D eigenvalue weighted by Crippen LogP contribution is -2.48. The Morgan fingerprint density at radius 3 is 2.50 bits per heavy atom. The van der Waals surface area contributed by atoms with E-state index in [1.165, 1.54) is 59.1 Å². The van der Waals surface area contributed by atoms with Gasteiger partial charge in [0.05, 0.1) is 36.7 Å². The molecule has 0 saturated carbocycles. The molecule has 0 bridgehead atoms. The highest BCUT2D eigenvalue weighted by Gasteiger charge is 2.33. The van der Waals surface area contributed by atoms with Gasteiger partial charge in [0.2, 0.25) is 0 Å². The standard InChI is InChI=1S/C33H45FN6O7S/c1-22-17-40(23(2)20-41)32(42)28-16-27(37-33(43)36-26-11-9-25(34)10-12-26)13-14-29(28)47-24(3)8-6-7-15-46-30(22)18-39(5)48(44,45)31-19-38(4)21-35-31/h9-14,16,19,21-24,30,41H,6-8,15,17-18,20H2,1-5H3,(H2,36,37,43)/t22-,23-,24-,30+/m1/s1. The Balaban J connectivity index is 1.62. The van der Waals surface area contributed by atoms with E-state index in [2.05, 4.69) is 15.6 Å². The third-order valence-corrected chi connectivity index (χ3v) is 9.91. The van der Waals surface area contributed by atoms with Crippen molar-refractivity contribution in [1.29, 1.82) is 0 Å². The van der Waals surface area contributed by atoms with Crippen LogP contribution < -0.4 is 15.4 Å². The summed E-state index contributed by atoms with van der Waals surface area (Å²) in [5.74, 6) is -0.919. The fraction of sp³-hybridized carbons (Fsp3) is 0.485. The lowest BCUT2D eigenvalue weighted by Gasteiger charge is -2.35. The van der Waals surface area contributed by atoms with Crippen LogP contribution in [0.3, 0.4) is 0 Å². The Kier molecular flexibility index (Phi) is 12.5. The predicted octanol–water partition coefficient (Wildman–Crippen LogP) is 4.32. The number of hydrogen-bond donors (Lipinski definition) is 3. The number of hydrogen-bond acceptors (Lipinski definition) is 8. The molecular weight excluding hydrogens is 643 g/mol. The van der Waals surface area contributed by atoms with E-state index < -0.39 is 39.9 Å². The van der Waals surface area contributed by atoms with E-state index in [0.717, 1.165) is 6.42 Å². The van der Waals surface area contributed by atoms with Gasteiger partial charge in [-0.3, -0.25) is 4.79 Å². The van der Waals surface area contributed by atoms with Crippen LogP contribution in [-0.2, 0) is 21.8 Å². The maximum Gasteiger partial charge on any atom is 0.323 e. The van der Waals surface area contributed by atoms with Crippen molar-refractivity contribution in [3.8, 4) is 5.75 Å². The molecular formula is C33H45FN6O7S. The number of nitrogens with one attached hydrogen (secondary N) is 2. The number of imidazole rings is 1. The number of aryl methyl sites for hydroxylation is 1. The molecule has 3 aromatic rings. The van der Waals surface area contributed by atoms with Gasteiger partial charge in [-0.25, -0.2) is 22.6 Å². The monoisotopic (exact) mass is 688 g/mol. The number of rotatable bonds is 8. The zero-order valence-corrected chi connectivity index (χ0v) is 28.7. The highest BCUT2D eigenvalue weighted by molar-refractivity contribution is 7.89. The van der Waals surface area contributed by atoms with E-state index in [9.17, 15) is 27.5 Å². The highest BCUT2D eigenvalue weighted by atomic mass is 32.2. The summed E-state index contributed by atoms with van der Waals surface area (Å²) in [4.78, 5) is 32.6. The first-order chi connectivity index (χ1) is 22.8. The SMILES string of the molecule is C[C@@H]1CCCCO[C@@H](CN(C)S(=O)(=O)c2cn(C)cn2)[C@H](C)CN([C@H](C)CO)C(=O)c2cc(NC(=O)Nc3ccc(F)cc3)ccc2O1. The number of carbonyl (C=O) groups is 2. The molecule has 1 aliphatic rings. The quantitative estimate of drug-likeness (QED) is 0.316. The number of halogens is 1. The van der Waals surface area contributed by atoms with Gasteiger partial charge in [-0.1, -0.05) is 6.92 Å². The number of aliphatic hydroxyl groups is 1. The molecule has 1 aromatic heterocycles. The van der Waals surface area contributed by atoms with Gasteiger partial charge < -0.3 is 34.7 Å². The summed E-state index contributed by atoms with van der Waals surface area (Å²) in [6, 6.07) is 8.85. The fourth-order valence-corrected chi connectivity index (χ4v) is 6.47. The molecule has 2 aromatic carbocycles. The molecule has 2 heterocycles. The number of urea groups is 1. The summed E-state index contributed by atoms with van der Waals surface area (Å²) in [6.07, 6.45) is 4.16. The van der Waals surface area contributed by atoms with Gasteiger partial charge in [0.1, 0.15) is 11.6 Å². The van der Waals surface area contributed by atoms with E-state index in [1.54, 1.807) is 30.7 Å². The Hall–Kier alpha value is -4.05. The van der Waals surface area contributed by atoms with Gasteiger partial charge in [-0.2, -0.15) is 4.31 Å². The molecule has 0 aliphatic carbocycles.